The number of benzene rings is 2. The highest BCUT2D eigenvalue weighted by molar-refractivity contribution is 7.92. The molecule has 4 nitrogen and oxygen atoms in total. The molecule has 1 N–H and O–H groups in total. The predicted molar refractivity (Wildman–Crippen MR) is 75.3 cm³/mol. The maximum atomic E-state index is 12.8. The smallest absolute Gasteiger partial charge is 0.387 e. The van der Waals surface area contributed by atoms with Crippen LogP contribution in [0.5, 0.6) is 5.75 Å². The molecule has 0 bridgehead atoms. The van der Waals surface area contributed by atoms with E-state index in [-0.39, 0.29) is 21.4 Å². The third kappa shape index (κ3) is 4.05. The molecule has 9 heteroatoms. The third-order valence-electron chi connectivity index (χ3n) is 2.52. The molecule has 0 fully saturated rings. The topological polar surface area (TPSA) is 55.4 Å². The molecule has 118 valence electrons. The van der Waals surface area contributed by atoms with E-state index in [0.29, 0.717) is 0 Å². The first-order chi connectivity index (χ1) is 10.3. The standard InChI is InChI=1S/C13H9ClF3NO3S/c14-11-7-9(3-6-12(11)21-13(16)17)18-22(19,20)10-4-1-8(15)2-5-10/h1-7,13,18H. The number of hydrogen-bond donors (Lipinski definition) is 1. The van der Waals surface area contributed by atoms with Crippen molar-refractivity contribution < 1.29 is 26.3 Å². The van der Waals surface area contributed by atoms with Crippen molar-refractivity contribution in [3.8, 4) is 5.75 Å². The van der Waals surface area contributed by atoms with Gasteiger partial charge in [-0.25, -0.2) is 12.8 Å². The van der Waals surface area contributed by atoms with Gasteiger partial charge in [-0.05, 0) is 42.5 Å². The Labute approximate surface area is 129 Å². The Morgan fingerprint density at radius 3 is 2.27 bits per heavy atom. The van der Waals surface area contributed by atoms with E-state index in [9.17, 15) is 21.6 Å². The van der Waals surface area contributed by atoms with E-state index in [2.05, 4.69) is 9.46 Å². The highest BCUT2D eigenvalue weighted by Gasteiger charge is 2.16. The number of sulfonamides is 1. The van der Waals surface area contributed by atoms with Crippen molar-refractivity contribution in [2.75, 3.05) is 4.72 Å². The molecule has 0 spiro atoms. The largest absolute Gasteiger partial charge is 0.433 e. The second-order valence-electron chi connectivity index (χ2n) is 4.08. The van der Waals surface area contributed by atoms with Crippen molar-refractivity contribution in [3.05, 3.63) is 53.3 Å². The van der Waals surface area contributed by atoms with E-state index < -0.39 is 22.5 Å². The van der Waals surface area contributed by atoms with Crippen molar-refractivity contribution >= 4 is 27.3 Å². The van der Waals surface area contributed by atoms with E-state index in [1.54, 1.807) is 0 Å². The van der Waals surface area contributed by atoms with Gasteiger partial charge in [-0.1, -0.05) is 11.6 Å². The third-order valence-corrected chi connectivity index (χ3v) is 4.22. The van der Waals surface area contributed by atoms with Crippen molar-refractivity contribution in [1.82, 2.24) is 0 Å². The zero-order valence-electron chi connectivity index (χ0n) is 10.8. The number of anilines is 1. The molecule has 2 aromatic rings. The first-order valence-electron chi connectivity index (χ1n) is 5.81. The molecular weight excluding hydrogens is 343 g/mol. The molecule has 2 aromatic carbocycles. The van der Waals surface area contributed by atoms with Crippen LogP contribution in [0.2, 0.25) is 5.02 Å². The van der Waals surface area contributed by atoms with Gasteiger partial charge >= 0.3 is 6.61 Å². The van der Waals surface area contributed by atoms with Crippen molar-refractivity contribution in [2.24, 2.45) is 0 Å². The number of halogens is 4. The average Bonchev–Trinajstić information content (AvgIpc) is 2.41. The first-order valence-corrected chi connectivity index (χ1v) is 7.67. The Morgan fingerprint density at radius 2 is 1.73 bits per heavy atom. The van der Waals surface area contributed by atoms with Gasteiger partial charge in [0.2, 0.25) is 0 Å². The maximum Gasteiger partial charge on any atom is 0.387 e. The summed E-state index contributed by atoms with van der Waals surface area (Å²) < 4.78 is 67.5. The van der Waals surface area contributed by atoms with Gasteiger partial charge in [0.05, 0.1) is 15.6 Å². The van der Waals surface area contributed by atoms with Crippen LogP contribution in [0.3, 0.4) is 0 Å². The second kappa shape index (κ2) is 6.45. The van der Waals surface area contributed by atoms with Crippen LogP contribution in [-0.2, 0) is 10.0 Å². The Kier molecular flexibility index (Phi) is 4.82. The predicted octanol–water partition coefficient (Wildman–Crippen LogP) is 3.88. The van der Waals surface area contributed by atoms with Gasteiger partial charge in [-0.15, -0.1) is 0 Å². The van der Waals surface area contributed by atoms with Crippen LogP contribution in [0.15, 0.2) is 47.4 Å². The molecule has 0 saturated heterocycles. The summed E-state index contributed by atoms with van der Waals surface area (Å²) in [4.78, 5) is -0.155. The minimum atomic E-state index is -3.95. The highest BCUT2D eigenvalue weighted by atomic mass is 35.5. The first kappa shape index (κ1) is 16.4. The van der Waals surface area contributed by atoms with E-state index in [0.717, 1.165) is 36.4 Å². The molecule has 0 atom stereocenters. The summed E-state index contributed by atoms with van der Waals surface area (Å²) in [5.74, 6) is -0.850. The summed E-state index contributed by atoms with van der Waals surface area (Å²) in [6.07, 6.45) is 0. The normalized spacial score (nSPS) is 11.5. The Morgan fingerprint density at radius 1 is 1.09 bits per heavy atom. The van der Waals surface area contributed by atoms with Crippen LogP contribution in [0.25, 0.3) is 0 Å². The molecular formula is C13H9ClF3NO3S. The monoisotopic (exact) mass is 351 g/mol. The molecule has 0 saturated carbocycles. The fraction of sp³-hybridized carbons (Fsp3) is 0.0769. The number of hydrogen-bond acceptors (Lipinski definition) is 3. The quantitative estimate of drug-likeness (QED) is 0.889. The molecule has 22 heavy (non-hydrogen) atoms. The molecule has 0 radical (unpaired) electrons. The van der Waals surface area contributed by atoms with Crippen LogP contribution >= 0.6 is 11.6 Å². The molecule has 0 aliphatic carbocycles. The van der Waals surface area contributed by atoms with Crippen LogP contribution in [0.4, 0.5) is 18.9 Å². The average molecular weight is 352 g/mol. The van der Waals surface area contributed by atoms with Gasteiger partial charge in [0.15, 0.2) is 0 Å². The van der Waals surface area contributed by atoms with Gasteiger partial charge in [-0.3, -0.25) is 4.72 Å². The van der Waals surface area contributed by atoms with Crippen LogP contribution in [0, 0.1) is 5.82 Å². The number of nitrogens with one attached hydrogen (secondary N) is 1. The fourth-order valence-corrected chi connectivity index (χ4v) is 2.86. The van der Waals surface area contributed by atoms with Crippen LogP contribution < -0.4 is 9.46 Å². The summed E-state index contributed by atoms with van der Waals surface area (Å²) in [5, 5.41) is -0.181. The van der Waals surface area contributed by atoms with Crippen LogP contribution in [0.1, 0.15) is 0 Å². The van der Waals surface area contributed by atoms with E-state index in [4.69, 9.17) is 11.6 Å². The van der Waals surface area contributed by atoms with Crippen molar-refractivity contribution in [2.45, 2.75) is 11.5 Å². The number of ether oxygens (including phenoxy) is 1. The lowest BCUT2D eigenvalue weighted by molar-refractivity contribution is -0.0497. The minimum absolute atomic E-state index is 0.0518. The Balaban J connectivity index is 2.23. The summed E-state index contributed by atoms with van der Waals surface area (Å²) in [5.41, 5.74) is 0.0518. The van der Waals surface area contributed by atoms with Gasteiger partial charge in [0.1, 0.15) is 11.6 Å². The lowest BCUT2D eigenvalue weighted by Gasteiger charge is -2.11. The molecule has 0 amide bonds. The van der Waals surface area contributed by atoms with E-state index in [1.165, 1.54) is 6.07 Å². The number of rotatable bonds is 5. The molecule has 0 aromatic heterocycles. The molecule has 0 aliphatic rings. The fourth-order valence-electron chi connectivity index (χ4n) is 1.58. The zero-order chi connectivity index (χ0) is 16.3. The summed E-state index contributed by atoms with van der Waals surface area (Å²) >= 11 is 5.73. The molecule has 0 unspecified atom stereocenters. The van der Waals surface area contributed by atoms with E-state index >= 15 is 0 Å². The van der Waals surface area contributed by atoms with Crippen molar-refractivity contribution in [3.63, 3.8) is 0 Å². The van der Waals surface area contributed by atoms with Gasteiger partial charge in [0, 0.05) is 0 Å². The number of alkyl halides is 2. The van der Waals surface area contributed by atoms with Crippen molar-refractivity contribution in [1.29, 1.82) is 0 Å². The lowest BCUT2D eigenvalue weighted by atomic mass is 10.3. The van der Waals surface area contributed by atoms with Gasteiger partial charge < -0.3 is 4.74 Å². The molecule has 2 rings (SSSR count). The molecule has 0 heterocycles. The second-order valence-corrected chi connectivity index (χ2v) is 6.17. The minimum Gasteiger partial charge on any atom is -0.433 e. The highest BCUT2D eigenvalue weighted by Crippen LogP contribution is 2.29. The Hall–Kier alpha value is -1.93. The van der Waals surface area contributed by atoms with Gasteiger partial charge in [-0.2, -0.15) is 8.78 Å². The summed E-state index contributed by atoms with van der Waals surface area (Å²) in [7, 11) is -3.95. The summed E-state index contributed by atoms with van der Waals surface area (Å²) in [6.45, 7) is -3.04. The lowest BCUT2D eigenvalue weighted by Crippen LogP contribution is -2.13. The van der Waals surface area contributed by atoms with E-state index in [1.807, 2.05) is 0 Å². The van der Waals surface area contributed by atoms with Gasteiger partial charge in [0.25, 0.3) is 10.0 Å². The summed E-state index contributed by atoms with van der Waals surface area (Å²) in [6, 6.07) is 7.63. The molecule has 0 aliphatic heterocycles. The zero-order valence-corrected chi connectivity index (χ0v) is 12.3. The SMILES string of the molecule is O=S(=O)(Nc1ccc(OC(F)F)c(Cl)c1)c1ccc(F)cc1. The Bertz CT molecular complexity index is 767. The van der Waals surface area contributed by atoms with Crippen LogP contribution in [-0.4, -0.2) is 15.0 Å². The maximum absolute atomic E-state index is 12.8.